The van der Waals surface area contributed by atoms with E-state index in [9.17, 15) is 4.79 Å². The second kappa shape index (κ2) is 9.41. The van der Waals surface area contributed by atoms with Crippen LogP contribution in [-0.2, 0) is 11.2 Å². The number of fused-ring (bicyclic) bond motifs is 1. The molecule has 6 heteroatoms. The highest BCUT2D eigenvalue weighted by molar-refractivity contribution is 5.81. The third kappa shape index (κ3) is 4.40. The summed E-state index contributed by atoms with van der Waals surface area (Å²) in [6.45, 7) is 5.61. The molecular weight excluding hydrogens is 376 g/mol. The fraction of sp³-hybridized carbons (Fsp3) is 0.417. The fourth-order valence-corrected chi connectivity index (χ4v) is 4.56. The molecule has 158 valence electrons. The number of aryl methyl sites for hydroxylation is 1. The van der Waals surface area contributed by atoms with Gasteiger partial charge in [-0.3, -0.25) is 10.0 Å². The van der Waals surface area contributed by atoms with Crippen molar-refractivity contribution in [3.05, 3.63) is 54.1 Å². The molecule has 4 rings (SSSR count). The number of rotatable bonds is 7. The Morgan fingerprint density at radius 1 is 1.23 bits per heavy atom. The summed E-state index contributed by atoms with van der Waals surface area (Å²) < 4.78 is 2.43. The summed E-state index contributed by atoms with van der Waals surface area (Å²) in [5, 5.41) is 8.75. The Bertz CT molecular complexity index is 1010. The molecule has 30 heavy (non-hydrogen) atoms. The Labute approximate surface area is 177 Å². The van der Waals surface area contributed by atoms with Crippen LogP contribution in [0.4, 0.5) is 0 Å². The number of piperidine rings is 1. The van der Waals surface area contributed by atoms with Gasteiger partial charge in [0.25, 0.3) is 0 Å². The lowest BCUT2D eigenvalue weighted by molar-refractivity contribution is -0.129. The second-order valence-corrected chi connectivity index (χ2v) is 8.13. The highest BCUT2D eigenvalue weighted by atomic mass is 16.5. The zero-order valence-corrected chi connectivity index (χ0v) is 17.6. The molecule has 1 fully saturated rings. The average molecular weight is 407 g/mol. The van der Waals surface area contributed by atoms with Gasteiger partial charge in [-0.15, -0.1) is 0 Å². The van der Waals surface area contributed by atoms with Gasteiger partial charge in [0.15, 0.2) is 0 Å². The smallest absolute Gasteiger partial charge is 0.243 e. The van der Waals surface area contributed by atoms with Crippen LogP contribution in [0.5, 0.6) is 0 Å². The summed E-state index contributed by atoms with van der Waals surface area (Å²) in [5.74, 6) is 0.624. The third-order valence-electron chi connectivity index (χ3n) is 5.93. The van der Waals surface area contributed by atoms with Crippen molar-refractivity contribution < 1.29 is 10.0 Å². The SMILES string of the molecule is CCCN1CCCC(n2c(-c3cccc(CCC(=O)NO)c3)nc3ccccc32)C1. The first kappa shape index (κ1) is 20.6. The molecule has 6 nitrogen and oxygen atoms in total. The number of hydrogen-bond acceptors (Lipinski definition) is 4. The molecule has 1 atom stereocenters. The van der Waals surface area contributed by atoms with Gasteiger partial charge in [-0.25, -0.2) is 10.5 Å². The molecule has 3 aromatic rings. The van der Waals surface area contributed by atoms with E-state index in [1.807, 2.05) is 18.2 Å². The first-order chi connectivity index (χ1) is 14.7. The molecule has 1 aliphatic rings. The van der Waals surface area contributed by atoms with E-state index in [4.69, 9.17) is 10.2 Å². The summed E-state index contributed by atoms with van der Waals surface area (Å²) in [6, 6.07) is 17.0. The van der Waals surface area contributed by atoms with Crippen LogP contribution in [0.25, 0.3) is 22.4 Å². The van der Waals surface area contributed by atoms with Crippen LogP contribution in [0.1, 0.15) is 44.2 Å². The van der Waals surface area contributed by atoms with Gasteiger partial charge in [0, 0.05) is 24.6 Å². The van der Waals surface area contributed by atoms with Gasteiger partial charge in [-0.2, -0.15) is 0 Å². The third-order valence-corrected chi connectivity index (χ3v) is 5.93. The Balaban J connectivity index is 1.71. The number of nitrogens with one attached hydrogen (secondary N) is 1. The zero-order valence-electron chi connectivity index (χ0n) is 17.6. The summed E-state index contributed by atoms with van der Waals surface area (Å²) in [5.41, 5.74) is 6.04. The summed E-state index contributed by atoms with van der Waals surface area (Å²) >= 11 is 0. The molecular formula is C24H30N4O2. The normalized spacial score (nSPS) is 17.3. The van der Waals surface area contributed by atoms with Gasteiger partial charge in [0.2, 0.25) is 5.91 Å². The van der Waals surface area contributed by atoms with E-state index in [0.717, 1.165) is 42.0 Å². The Morgan fingerprint density at radius 2 is 2.10 bits per heavy atom. The van der Waals surface area contributed by atoms with Crippen molar-refractivity contribution in [3.8, 4) is 11.4 Å². The number of aromatic nitrogens is 2. The summed E-state index contributed by atoms with van der Waals surface area (Å²) in [7, 11) is 0. The maximum absolute atomic E-state index is 11.4. The molecule has 2 aromatic carbocycles. The predicted molar refractivity (Wildman–Crippen MR) is 118 cm³/mol. The molecule has 1 aliphatic heterocycles. The van der Waals surface area contributed by atoms with Crippen LogP contribution in [0.2, 0.25) is 0 Å². The molecule has 2 N–H and O–H groups in total. The highest BCUT2D eigenvalue weighted by Crippen LogP contribution is 2.33. The molecule has 1 amide bonds. The minimum Gasteiger partial charge on any atom is -0.320 e. The predicted octanol–water partition coefficient (Wildman–Crippen LogP) is 4.19. The molecule has 0 aliphatic carbocycles. The van der Waals surface area contributed by atoms with Crippen LogP contribution in [-0.4, -0.2) is 45.2 Å². The molecule has 1 saturated heterocycles. The first-order valence-corrected chi connectivity index (χ1v) is 10.9. The lowest BCUT2D eigenvalue weighted by atomic mass is 10.0. The number of hydrogen-bond donors (Lipinski definition) is 2. The van der Waals surface area contributed by atoms with Crippen molar-refractivity contribution in [2.75, 3.05) is 19.6 Å². The quantitative estimate of drug-likeness (QED) is 0.456. The number of para-hydroxylation sites is 2. The highest BCUT2D eigenvalue weighted by Gasteiger charge is 2.25. The van der Waals surface area contributed by atoms with Crippen LogP contribution in [0.15, 0.2) is 48.5 Å². The van der Waals surface area contributed by atoms with E-state index in [2.05, 4.69) is 46.7 Å². The van der Waals surface area contributed by atoms with Gasteiger partial charge in [-0.1, -0.05) is 37.3 Å². The lowest BCUT2D eigenvalue weighted by Crippen LogP contribution is -2.37. The van der Waals surface area contributed by atoms with Gasteiger partial charge in [0.1, 0.15) is 5.82 Å². The minimum atomic E-state index is -0.370. The Kier molecular flexibility index (Phi) is 6.45. The largest absolute Gasteiger partial charge is 0.320 e. The van der Waals surface area contributed by atoms with E-state index in [0.29, 0.717) is 12.5 Å². The molecule has 1 aromatic heterocycles. The number of imidazole rings is 1. The first-order valence-electron chi connectivity index (χ1n) is 10.9. The standard InChI is InChI=1S/C24H30N4O2/c1-2-14-27-15-6-9-20(17-27)28-22-11-4-3-10-21(22)25-24(28)19-8-5-7-18(16-19)12-13-23(29)26-30/h3-5,7-8,10-11,16,20,30H,2,6,9,12-15,17H2,1H3,(H,26,29). The van der Waals surface area contributed by atoms with Crippen molar-refractivity contribution >= 4 is 16.9 Å². The van der Waals surface area contributed by atoms with Crippen molar-refractivity contribution in [1.29, 1.82) is 0 Å². The topological polar surface area (TPSA) is 70.4 Å². The number of carbonyl (C=O) groups is 1. The zero-order chi connectivity index (χ0) is 20.9. The van der Waals surface area contributed by atoms with Gasteiger partial charge in [0.05, 0.1) is 11.0 Å². The van der Waals surface area contributed by atoms with Crippen LogP contribution < -0.4 is 5.48 Å². The molecule has 2 heterocycles. The Morgan fingerprint density at radius 3 is 2.93 bits per heavy atom. The van der Waals surface area contributed by atoms with E-state index in [-0.39, 0.29) is 12.3 Å². The van der Waals surface area contributed by atoms with E-state index < -0.39 is 0 Å². The van der Waals surface area contributed by atoms with Gasteiger partial charge >= 0.3 is 0 Å². The van der Waals surface area contributed by atoms with E-state index in [1.165, 1.54) is 24.9 Å². The van der Waals surface area contributed by atoms with Crippen LogP contribution >= 0.6 is 0 Å². The van der Waals surface area contributed by atoms with Crippen LogP contribution in [0, 0.1) is 0 Å². The maximum atomic E-state index is 11.4. The van der Waals surface area contributed by atoms with Gasteiger partial charge in [-0.05, 0) is 62.5 Å². The van der Waals surface area contributed by atoms with E-state index >= 15 is 0 Å². The number of amides is 1. The van der Waals surface area contributed by atoms with Crippen molar-refractivity contribution in [1.82, 2.24) is 19.9 Å². The van der Waals surface area contributed by atoms with E-state index in [1.54, 1.807) is 5.48 Å². The molecule has 0 radical (unpaired) electrons. The van der Waals surface area contributed by atoms with Crippen LogP contribution in [0.3, 0.4) is 0 Å². The molecule has 0 bridgehead atoms. The summed E-state index contributed by atoms with van der Waals surface area (Å²) in [4.78, 5) is 19.0. The molecule has 0 saturated carbocycles. The number of nitrogens with zero attached hydrogens (tertiary/aromatic N) is 3. The maximum Gasteiger partial charge on any atom is 0.243 e. The fourth-order valence-electron chi connectivity index (χ4n) is 4.56. The molecule has 1 unspecified atom stereocenters. The molecule has 0 spiro atoms. The number of likely N-dealkylation sites (tertiary alicyclic amines) is 1. The number of hydroxylamine groups is 1. The number of benzene rings is 2. The van der Waals surface area contributed by atoms with Crippen molar-refractivity contribution in [2.24, 2.45) is 0 Å². The Hall–Kier alpha value is -2.70. The average Bonchev–Trinajstić information content (AvgIpc) is 3.18. The lowest BCUT2D eigenvalue weighted by Gasteiger charge is -2.34. The second-order valence-electron chi connectivity index (χ2n) is 8.13. The monoisotopic (exact) mass is 406 g/mol. The van der Waals surface area contributed by atoms with Crippen molar-refractivity contribution in [2.45, 2.75) is 45.1 Å². The van der Waals surface area contributed by atoms with Gasteiger partial charge < -0.3 is 9.47 Å². The number of carbonyl (C=O) groups excluding carboxylic acids is 1. The van der Waals surface area contributed by atoms with Crippen molar-refractivity contribution in [3.63, 3.8) is 0 Å². The minimum absolute atomic E-state index is 0.255. The summed E-state index contributed by atoms with van der Waals surface area (Å²) in [6.07, 6.45) is 4.36.